The quantitative estimate of drug-likeness (QED) is 0.370. The van der Waals surface area contributed by atoms with E-state index in [2.05, 4.69) is 21.2 Å². The number of hydrogen-bond donors (Lipinski definition) is 1. The molecule has 7 heteroatoms. The molecule has 0 bridgehead atoms. The average molecular weight is 343 g/mol. The van der Waals surface area contributed by atoms with Gasteiger partial charge in [0.15, 0.2) is 6.73 Å². The van der Waals surface area contributed by atoms with Crippen LogP contribution < -0.4 is 5.32 Å². The summed E-state index contributed by atoms with van der Waals surface area (Å²) in [6, 6.07) is 4.56. The van der Waals surface area contributed by atoms with Crippen LogP contribution in [-0.4, -0.2) is 17.6 Å². The van der Waals surface area contributed by atoms with E-state index in [4.69, 9.17) is 4.74 Å². The Labute approximate surface area is 124 Å². The molecule has 0 heterocycles. The van der Waals surface area contributed by atoms with Crippen LogP contribution in [0.25, 0.3) is 0 Å². The van der Waals surface area contributed by atoms with E-state index >= 15 is 0 Å². The lowest BCUT2D eigenvalue weighted by Crippen LogP contribution is -2.21. The van der Waals surface area contributed by atoms with E-state index < -0.39 is 4.92 Å². The van der Waals surface area contributed by atoms with E-state index in [1.807, 2.05) is 6.92 Å². The van der Waals surface area contributed by atoms with Gasteiger partial charge in [-0.25, -0.2) is 0 Å². The molecule has 0 amide bonds. The summed E-state index contributed by atoms with van der Waals surface area (Å²) in [5.41, 5.74) is -0.0513. The summed E-state index contributed by atoms with van der Waals surface area (Å²) >= 11 is 3.25. The number of halogens is 1. The van der Waals surface area contributed by atoms with Crippen molar-refractivity contribution in [1.82, 2.24) is 0 Å². The highest BCUT2D eigenvalue weighted by Crippen LogP contribution is 2.49. The number of anilines is 1. The van der Waals surface area contributed by atoms with Crippen LogP contribution >= 0.6 is 15.9 Å². The van der Waals surface area contributed by atoms with Crippen LogP contribution in [-0.2, 0) is 9.53 Å². The predicted molar refractivity (Wildman–Crippen MR) is 77.3 cm³/mol. The number of nitrogens with zero attached hydrogens (tertiary/aromatic N) is 1. The van der Waals surface area contributed by atoms with E-state index in [1.165, 1.54) is 6.07 Å². The Bertz CT molecular complexity index is 543. The van der Waals surface area contributed by atoms with Gasteiger partial charge in [-0.1, -0.05) is 22.9 Å². The molecule has 0 aromatic heterocycles. The Balaban J connectivity index is 1.96. The standard InChI is InChI=1S/C13H15BrN2O4/c1-2-13(5-6-13)12(17)20-8-15-10-7-9(14)3-4-11(10)16(18)19/h3-4,7,15H,2,5-6,8H2,1H3. The van der Waals surface area contributed by atoms with Crippen LogP contribution in [0.2, 0.25) is 0 Å². The van der Waals surface area contributed by atoms with Crippen molar-refractivity contribution in [1.29, 1.82) is 0 Å². The van der Waals surface area contributed by atoms with Crippen LogP contribution in [0.4, 0.5) is 11.4 Å². The number of carbonyl (C=O) groups excluding carboxylic acids is 1. The Morgan fingerprint density at radius 2 is 2.25 bits per heavy atom. The maximum Gasteiger partial charge on any atom is 0.313 e. The minimum absolute atomic E-state index is 0.0547. The van der Waals surface area contributed by atoms with E-state index in [9.17, 15) is 14.9 Å². The molecule has 0 saturated heterocycles. The normalized spacial score (nSPS) is 15.5. The number of nitro groups is 1. The molecule has 6 nitrogen and oxygen atoms in total. The molecular weight excluding hydrogens is 328 g/mol. The van der Waals surface area contributed by atoms with Gasteiger partial charge in [-0.3, -0.25) is 14.9 Å². The molecule has 0 spiro atoms. The zero-order valence-electron chi connectivity index (χ0n) is 11.0. The third kappa shape index (κ3) is 3.09. The average Bonchev–Trinajstić information content (AvgIpc) is 3.19. The molecule has 0 radical (unpaired) electrons. The molecule has 1 fully saturated rings. The summed E-state index contributed by atoms with van der Waals surface area (Å²) in [6.07, 6.45) is 2.49. The van der Waals surface area contributed by atoms with Crippen LogP contribution in [0.1, 0.15) is 26.2 Å². The van der Waals surface area contributed by atoms with E-state index in [0.29, 0.717) is 10.2 Å². The van der Waals surface area contributed by atoms with Gasteiger partial charge in [0.25, 0.3) is 5.69 Å². The molecule has 1 N–H and O–H groups in total. The molecule has 0 unspecified atom stereocenters. The maximum absolute atomic E-state index is 11.8. The second-order valence-corrected chi connectivity index (χ2v) is 5.72. The smallest absolute Gasteiger partial charge is 0.313 e. The first-order valence-electron chi connectivity index (χ1n) is 6.33. The van der Waals surface area contributed by atoms with Gasteiger partial charge in [0.2, 0.25) is 0 Å². The largest absolute Gasteiger partial charge is 0.444 e. The molecule has 0 aliphatic heterocycles. The van der Waals surface area contributed by atoms with Gasteiger partial charge in [-0.15, -0.1) is 0 Å². The number of rotatable bonds is 6. The van der Waals surface area contributed by atoms with Gasteiger partial charge in [0.05, 0.1) is 10.3 Å². The number of nitro benzene ring substituents is 1. The molecule has 1 aromatic carbocycles. The lowest BCUT2D eigenvalue weighted by atomic mass is 10.1. The summed E-state index contributed by atoms with van der Waals surface area (Å²) < 4.78 is 5.86. The second kappa shape index (κ2) is 5.78. The van der Waals surface area contributed by atoms with Gasteiger partial charge in [0, 0.05) is 10.5 Å². The minimum Gasteiger partial charge on any atom is -0.444 e. The predicted octanol–water partition coefficient (Wildman–Crippen LogP) is 3.46. The summed E-state index contributed by atoms with van der Waals surface area (Å²) in [6.45, 7) is 1.89. The first-order chi connectivity index (χ1) is 9.48. The monoisotopic (exact) mass is 342 g/mol. The fraction of sp³-hybridized carbons (Fsp3) is 0.462. The van der Waals surface area contributed by atoms with Crippen molar-refractivity contribution < 1.29 is 14.5 Å². The third-order valence-corrected chi connectivity index (χ3v) is 4.08. The molecule has 1 aromatic rings. The fourth-order valence-electron chi connectivity index (χ4n) is 1.99. The fourth-order valence-corrected chi connectivity index (χ4v) is 2.36. The van der Waals surface area contributed by atoms with Crippen molar-refractivity contribution in [2.45, 2.75) is 26.2 Å². The zero-order chi connectivity index (χ0) is 14.8. The van der Waals surface area contributed by atoms with E-state index in [1.54, 1.807) is 12.1 Å². The molecule has 1 aliphatic rings. The zero-order valence-corrected chi connectivity index (χ0v) is 12.6. The highest BCUT2D eigenvalue weighted by Gasteiger charge is 2.49. The Hall–Kier alpha value is -1.63. The molecule has 108 valence electrons. The van der Waals surface area contributed by atoms with Crippen molar-refractivity contribution in [2.24, 2.45) is 5.41 Å². The maximum atomic E-state index is 11.8. The molecule has 1 saturated carbocycles. The molecule has 2 rings (SSSR count). The van der Waals surface area contributed by atoms with Crippen molar-refractivity contribution >= 4 is 33.3 Å². The van der Waals surface area contributed by atoms with Crippen LogP contribution in [0.3, 0.4) is 0 Å². The summed E-state index contributed by atoms with van der Waals surface area (Å²) in [7, 11) is 0. The molecule has 1 aliphatic carbocycles. The van der Waals surface area contributed by atoms with E-state index in [-0.39, 0.29) is 23.8 Å². The highest BCUT2D eigenvalue weighted by molar-refractivity contribution is 9.10. The van der Waals surface area contributed by atoms with E-state index in [0.717, 1.165) is 19.3 Å². The Kier molecular flexibility index (Phi) is 4.27. The number of hydrogen-bond acceptors (Lipinski definition) is 5. The van der Waals surface area contributed by atoms with Crippen LogP contribution in [0, 0.1) is 15.5 Å². The third-order valence-electron chi connectivity index (χ3n) is 3.58. The number of nitrogens with one attached hydrogen (secondary N) is 1. The highest BCUT2D eigenvalue weighted by atomic mass is 79.9. The number of carbonyl (C=O) groups is 1. The second-order valence-electron chi connectivity index (χ2n) is 4.81. The van der Waals surface area contributed by atoms with Crippen molar-refractivity contribution in [2.75, 3.05) is 12.0 Å². The topological polar surface area (TPSA) is 81.5 Å². The lowest BCUT2D eigenvalue weighted by Gasteiger charge is -2.13. The van der Waals surface area contributed by atoms with Crippen molar-refractivity contribution in [3.63, 3.8) is 0 Å². The summed E-state index contributed by atoms with van der Waals surface area (Å²) in [4.78, 5) is 22.2. The first-order valence-corrected chi connectivity index (χ1v) is 7.13. The summed E-state index contributed by atoms with van der Waals surface area (Å²) in [5.74, 6) is -0.231. The number of benzene rings is 1. The van der Waals surface area contributed by atoms with Gasteiger partial charge in [-0.05, 0) is 31.4 Å². The van der Waals surface area contributed by atoms with Gasteiger partial charge < -0.3 is 10.1 Å². The SMILES string of the molecule is CCC1(C(=O)OCNc2cc(Br)ccc2[N+](=O)[O-])CC1. The molecule has 0 atom stereocenters. The Morgan fingerprint density at radius 1 is 1.55 bits per heavy atom. The van der Waals surface area contributed by atoms with Crippen LogP contribution in [0.15, 0.2) is 22.7 Å². The van der Waals surface area contributed by atoms with Gasteiger partial charge in [0.1, 0.15) is 5.69 Å². The Morgan fingerprint density at radius 3 is 2.80 bits per heavy atom. The molecule has 20 heavy (non-hydrogen) atoms. The number of ether oxygens (including phenoxy) is 1. The van der Waals surface area contributed by atoms with Gasteiger partial charge >= 0.3 is 5.97 Å². The minimum atomic E-state index is -0.481. The van der Waals surface area contributed by atoms with Crippen LogP contribution in [0.5, 0.6) is 0 Å². The molecular formula is C13H15BrN2O4. The van der Waals surface area contributed by atoms with Gasteiger partial charge in [-0.2, -0.15) is 0 Å². The first kappa shape index (κ1) is 14.8. The number of esters is 1. The summed E-state index contributed by atoms with van der Waals surface area (Å²) in [5, 5.41) is 13.7. The van der Waals surface area contributed by atoms with Crippen molar-refractivity contribution in [3.05, 3.63) is 32.8 Å². The lowest BCUT2D eigenvalue weighted by molar-refractivity contribution is -0.384. The van der Waals surface area contributed by atoms with Crippen molar-refractivity contribution in [3.8, 4) is 0 Å².